The minimum Gasteiger partial charge on any atom is -0.306 e. The molecule has 0 spiro atoms. The van der Waals surface area contributed by atoms with Gasteiger partial charge in [-0.3, -0.25) is 4.79 Å². The van der Waals surface area contributed by atoms with Gasteiger partial charge in [0, 0.05) is 23.6 Å². The van der Waals surface area contributed by atoms with Gasteiger partial charge in [-0.1, -0.05) is 13.0 Å². The summed E-state index contributed by atoms with van der Waals surface area (Å²) < 4.78 is 0. The van der Waals surface area contributed by atoms with Crippen LogP contribution in [0, 0.1) is 0 Å². The number of amides is 1. The van der Waals surface area contributed by atoms with Gasteiger partial charge in [0.05, 0.1) is 5.03 Å². The summed E-state index contributed by atoms with van der Waals surface area (Å²) >= 11 is 3.47. The first-order valence-electron chi connectivity index (χ1n) is 4.99. The zero-order valence-corrected chi connectivity index (χ0v) is 10.2. The third-order valence-corrected chi connectivity index (χ3v) is 4.08. The lowest BCUT2D eigenvalue weighted by Gasteiger charge is -2.15. The molecule has 0 atom stereocenters. The Bertz CT molecular complexity index is 370. The Morgan fingerprint density at radius 3 is 3.20 bits per heavy atom. The molecule has 0 N–H and O–H groups in total. The van der Waals surface area contributed by atoms with Gasteiger partial charge in [-0.05, 0) is 17.5 Å². The molecule has 1 saturated heterocycles. The summed E-state index contributed by atoms with van der Waals surface area (Å²) in [7, 11) is 0. The quantitative estimate of drug-likeness (QED) is 0.790. The predicted octanol–water partition coefficient (Wildman–Crippen LogP) is 3.03. The molecule has 0 unspecified atom stereocenters. The van der Waals surface area contributed by atoms with E-state index in [2.05, 4.69) is 17.5 Å². The molecule has 1 aliphatic heterocycles. The Morgan fingerprint density at radius 2 is 2.53 bits per heavy atom. The summed E-state index contributed by atoms with van der Waals surface area (Å²) in [6, 6.07) is 4.10. The van der Waals surface area contributed by atoms with Crippen LogP contribution in [-0.2, 0) is 4.79 Å². The molecule has 1 fully saturated rings. The molecule has 2 nitrogen and oxygen atoms in total. The number of thioether (sulfide) groups is 1. The van der Waals surface area contributed by atoms with Gasteiger partial charge in [0.1, 0.15) is 0 Å². The van der Waals surface area contributed by atoms with Crippen LogP contribution < -0.4 is 0 Å². The molecule has 1 aromatic heterocycles. The van der Waals surface area contributed by atoms with Crippen molar-refractivity contribution in [3.8, 4) is 0 Å². The monoisotopic (exact) mass is 239 g/mol. The number of thiophene rings is 1. The van der Waals surface area contributed by atoms with E-state index in [1.54, 1.807) is 23.1 Å². The molecule has 0 bridgehead atoms. The van der Waals surface area contributed by atoms with Crippen molar-refractivity contribution >= 4 is 35.1 Å². The lowest BCUT2D eigenvalue weighted by atomic mass is 10.4. The maximum atomic E-state index is 11.6. The van der Waals surface area contributed by atoms with Crippen LogP contribution in [0.4, 0.5) is 0 Å². The highest BCUT2D eigenvalue weighted by Gasteiger charge is 2.22. The van der Waals surface area contributed by atoms with E-state index in [-0.39, 0.29) is 5.91 Å². The minimum absolute atomic E-state index is 0.225. The Labute approximate surface area is 98.0 Å². The maximum Gasteiger partial charge on any atom is 0.227 e. The van der Waals surface area contributed by atoms with Gasteiger partial charge < -0.3 is 4.90 Å². The van der Waals surface area contributed by atoms with E-state index in [9.17, 15) is 4.79 Å². The second-order valence-corrected chi connectivity index (χ2v) is 5.34. The van der Waals surface area contributed by atoms with Crippen LogP contribution in [0.2, 0.25) is 0 Å². The first-order valence-corrected chi connectivity index (χ1v) is 6.86. The standard InChI is InChI=1S/C11H13NOS2/c1-2-10(13)12-5-7-15-11(12)8-9-4-3-6-14-9/h3-4,6,8H,2,5,7H2,1H3/b11-8+. The van der Waals surface area contributed by atoms with E-state index >= 15 is 0 Å². The molecule has 4 heteroatoms. The lowest BCUT2D eigenvalue weighted by molar-refractivity contribution is -0.128. The average Bonchev–Trinajstić information content (AvgIpc) is 2.88. The van der Waals surface area contributed by atoms with Crippen molar-refractivity contribution in [1.82, 2.24) is 4.90 Å². The van der Waals surface area contributed by atoms with Crippen LogP contribution >= 0.6 is 23.1 Å². The normalized spacial score (nSPS) is 18.7. The van der Waals surface area contributed by atoms with Crippen LogP contribution in [0.3, 0.4) is 0 Å². The summed E-state index contributed by atoms with van der Waals surface area (Å²) in [5, 5.41) is 3.15. The van der Waals surface area contributed by atoms with Gasteiger partial charge in [0.15, 0.2) is 0 Å². The molecule has 2 rings (SSSR count). The summed E-state index contributed by atoms with van der Waals surface area (Å²) in [4.78, 5) is 14.7. The fourth-order valence-electron chi connectivity index (χ4n) is 1.48. The summed E-state index contributed by atoms with van der Waals surface area (Å²) in [6.45, 7) is 2.77. The molecule has 0 aliphatic carbocycles. The molecule has 2 heterocycles. The van der Waals surface area contributed by atoms with Crippen molar-refractivity contribution in [3.05, 3.63) is 27.4 Å². The third-order valence-electron chi connectivity index (χ3n) is 2.24. The lowest BCUT2D eigenvalue weighted by Crippen LogP contribution is -2.25. The molecule has 15 heavy (non-hydrogen) atoms. The molecule has 0 saturated carbocycles. The highest BCUT2D eigenvalue weighted by molar-refractivity contribution is 8.03. The predicted molar refractivity (Wildman–Crippen MR) is 66.8 cm³/mol. The van der Waals surface area contributed by atoms with Crippen molar-refractivity contribution in [1.29, 1.82) is 0 Å². The van der Waals surface area contributed by atoms with E-state index in [0.29, 0.717) is 6.42 Å². The number of carbonyl (C=O) groups excluding carboxylic acids is 1. The van der Waals surface area contributed by atoms with Crippen LogP contribution in [0.5, 0.6) is 0 Å². The molecular formula is C11H13NOS2. The van der Waals surface area contributed by atoms with E-state index in [1.165, 1.54) is 4.88 Å². The molecular weight excluding hydrogens is 226 g/mol. The van der Waals surface area contributed by atoms with Gasteiger partial charge in [-0.15, -0.1) is 23.1 Å². The van der Waals surface area contributed by atoms with Gasteiger partial charge in [0.2, 0.25) is 5.91 Å². The van der Waals surface area contributed by atoms with Crippen molar-refractivity contribution in [2.75, 3.05) is 12.3 Å². The zero-order valence-electron chi connectivity index (χ0n) is 8.60. The van der Waals surface area contributed by atoms with Crippen molar-refractivity contribution in [3.63, 3.8) is 0 Å². The number of rotatable bonds is 2. The van der Waals surface area contributed by atoms with Crippen molar-refractivity contribution in [2.45, 2.75) is 13.3 Å². The number of nitrogens with zero attached hydrogens (tertiary/aromatic N) is 1. The Balaban J connectivity index is 2.18. The number of hydrogen-bond acceptors (Lipinski definition) is 3. The van der Waals surface area contributed by atoms with E-state index in [0.717, 1.165) is 17.3 Å². The maximum absolute atomic E-state index is 11.6. The molecule has 1 aliphatic rings. The van der Waals surface area contributed by atoms with Gasteiger partial charge in [0.25, 0.3) is 0 Å². The van der Waals surface area contributed by atoms with E-state index in [4.69, 9.17) is 0 Å². The minimum atomic E-state index is 0.225. The number of hydrogen-bond donors (Lipinski definition) is 0. The van der Waals surface area contributed by atoms with Crippen LogP contribution in [0.15, 0.2) is 22.5 Å². The average molecular weight is 239 g/mol. The second-order valence-electron chi connectivity index (χ2n) is 3.25. The summed E-state index contributed by atoms with van der Waals surface area (Å²) in [5.74, 6) is 1.24. The van der Waals surface area contributed by atoms with E-state index in [1.807, 2.05) is 17.9 Å². The van der Waals surface area contributed by atoms with Crippen LogP contribution in [0.25, 0.3) is 6.08 Å². The first kappa shape index (κ1) is 10.8. The topological polar surface area (TPSA) is 20.3 Å². The summed E-state index contributed by atoms with van der Waals surface area (Å²) in [5.41, 5.74) is 0. The molecule has 1 aromatic rings. The Hall–Kier alpha value is -0.740. The molecule has 0 radical (unpaired) electrons. The van der Waals surface area contributed by atoms with Crippen LogP contribution in [0.1, 0.15) is 18.2 Å². The van der Waals surface area contributed by atoms with Crippen LogP contribution in [-0.4, -0.2) is 23.1 Å². The Kier molecular flexibility index (Phi) is 3.49. The second kappa shape index (κ2) is 4.86. The van der Waals surface area contributed by atoms with E-state index < -0.39 is 0 Å². The number of carbonyl (C=O) groups is 1. The molecule has 1 amide bonds. The SMILES string of the molecule is CCC(=O)N1CCS/C1=C/c1cccs1. The fourth-order valence-corrected chi connectivity index (χ4v) is 3.25. The third kappa shape index (κ3) is 2.44. The largest absolute Gasteiger partial charge is 0.306 e. The summed E-state index contributed by atoms with van der Waals surface area (Å²) in [6.07, 6.45) is 2.69. The first-order chi connectivity index (χ1) is 7.31. The van der Waals surface area contributed by atoms with Crippen molar-refractivity contribution in [2.24, 2.45) is 0 Å². The van der Waals surface area contributed by atoms with Gasteiger partial charge >= 0.3 is 0 Å². The van der Waals surface area contributed by atoms with Gasteiger partial charge in [-0.2, -0.15) is 0 Å². The van der Waals surface area contributed by atoms with Gasteiger partial charge in [-0.25, -0.2) is 0 Å². The Morgan fingerprint density at radius 1 is 1.67 bits per heavy atom. The fraction of sp³-hybridized carbons (Fsp3) is 0.364. The molecule has 0 aromatic carbocycles. The van der Waals surface area contributed by atoms with Crippen molar-refractivity contribution < 1.29 is 4.79 Å². The highest BCUT2D eigenvalue weighted by atomic mass is 32.2. The smallest absolute Gasteiger partial charge is 0.227 e. The highest BCUT2D eigenvalue weighted by Crippen LogP contribution is 2.31. The zero-order chi connectivity index (χ0) is 10.7. The molecule has 80 valence electrons.